The summed E-state index contributed by atoms with van der Waals surface area (Å²) in [6.07, 6.45) is 0.285. The number of halogens is 2. The molecule has 0 aromatic heterocycles. The highest BCUT2D eigenvalue weighted by molar-refractivity contribution is 8.13. The maximum absolute atomic E-state index is 13.4. The van der Waals surface area contributed by atoms with Gasteiger partial charge < -0.3 is 0 Å². The summed E-state index contributed by atoms with van der Waals surface area (Å²) in [7, 11) is 0.979. The molecule has 0 saturated carbocycles. The second kappa shape index (κ2) is 4.17. The summed E-state index contributed by atoms with van der Waals surface area (Å²) >= 11 is 0. The Bertz CT molecular complexity index is 534. The first-order valence-corrected chi connectivity index (χ1v) is 6.38. The molecule has 0 bridgehead atoms. The van der Waals surface area contributed by atoms with Crippen LogP contribution >= 0.6 is 10.7 Å². The lowest BCUT2D eigenvalue weighted by Gasteiger charge is -2.05. The van der Waals surface area contributed by atoms with E-state index in [1.165, 1.54) is 6.07 Å². The van der Waals surface area contributed by atoms with Crippen LogP contribution in [0.2, 0.25) is 0 Å². The molecular weight excluding hydrogens is 241 g/mol. The topological polar surface area (TPSA) is 57.9 Å². The molecule has 0 N–H and O–H groups in total. The summed E-state index contributed by atoms with van der Waals surface area (Å²) in [5, 5.41) is 8.58. The van der Waals surface area contributed by atoms with Crippen LogP contribution in [0.25, 0.3) is 0 Å². The lowest BCUT2D eigenvalue weighted by atomic mass is 10.1. The van der Waals surface area contributed by atoms with Crippen LogP contribution < -0.4 is 0 Å². The maximum Gasteiger partial charge on any atom is 0.264 e. The Hall–Kier alpha value is -1.12. The fourth-order valence-electron chi connectivity index (χ4n) is 1.25. The molecule has 1 rings (SSSR count). The van der Waals surface area contributed by atoms with Gasteiger partial charge in [0.1, 0.15) is 10.7 Å². The number of benzene rings is 1. The molecule has 1 aromatic carbocycles. The summed E-state index contributed by atoms with van der Waals surface area (Å²) in [4.78, 5) is -0.536. The molecule has 80 valence electrons. The molecule has 0 heterocycles. The molecule has 0 atom stereocenters. The van der Waals surface area contributed by atoms with Crippen molar-refractivity contribution in [2.45, 2.75) is 18.2 Å². The first-order valence-electron chi connectivity index (χ1n) is 4.07. The van der Waals surface area contributed by atoms with E-state index in [9.17, 15) is 12.8 Å². The zero-order valence-electron chi connectivity index (χ0n) is 7.79. The normalized spacial score (nSPS) is 11.1. The Labute approximate surface area is 91.5 Å². The van der Waals surface area contributed by atoms with Crippen molar-refractivity contribution in [2.24, 2.45) is 0 Å². The van der Waals surface area contributed by atoms with Gasteiger partial charge in [-0.1, -0.05) is 6.92 Å². The Kier molecular flexibility index (Phi) is 3.32. The zero-order valence-corrected chi connectivity index (χ0v) is 9.36. The van der Waals surface area contributed by atoms with Gasteiger partial charge in [-0.2, -0.15) is 5.26 Å². The summed E-state index contributed by atoms with van der Waals surface area (Å²) < 4.78 is 35.5. The Morgan fingerprint density at radius 3 is 2.53 bits per heavy atom. The molecule has 15 heavy (non-hydrogen) atoms. The lowest BCUT2D eigenvalue weighted by molar-refractivity contribution is 0.571. The van der Waals surface area contributed by atoms with Crippen molar-refractivity contribution < 1.29 is 12.8 Å². The van der Waals surface area contributed by atoms with Crippen molar-refractivity contribution in [3.8, 4) is 6.07 Å². The van der Waals surface area contributed by atoms with Crippen LogP contribution in [0, 0.1) is 17.1 Å². The van der Waals surface area contributed by atoms with Crippen LogP contribution in [0.5, 0.6) is 0 Å². The van der Waals surface area contributed by atoms with E-state index in [0.717, 1.165) is 6.07 Å². The van der Waals surface area contributed by atoms with Gasteiger partial charge in [0, 0.05) is 10.7 Å². The highest BCUT2D eigenvalue weighted by Crippen LogP contribution is 2.25. The number of rotatable bonds is 2. The summed E-state index contributed by atoms with van der Waals surface area (Å²) in [5.41, 5.74) is 0.287. The number of aryl methyl sites for hydroxylation is 1. The minimum Gasteiger partial charge on any atom is -0.207 e. The molecule has 0 aliphatic carbocycles. The predicted molar refractivity (Wildman–Crippen MR) is 53.5 cm³/mol. The fraction of sp³-hybridized carbons (Fsp3) is 0.222. The van der Waals surface area contributed by atoms with Gasteiger partial charge in [-0.05, 0) is 24.1 Å². The van der Waals surface area contributed by atoms with Gasteiger partial charge in [0.15, 0.2) is 0 Å². The van der Waals surface area contributed by atoms with Gasteiger partial charge in [0.05, 0.1) is 11.6 Å². The van der Waals surface area contributed by atoms with E-state index in [0.29, 0.717) is 0 Å². The van der Waals surface area contributed by atoms with Crippen molar-refractivity contribution in [3.63, 3.8) is 0 Å². The minimum atomic E-state index is -4.11. The molecule has 0 unspecified atom stereocenters. The van der Waals surface area contributed by atoms with E-state index in [1.807, 2.05) is 0 Å². The second-order valence-corrected chi connectivity index (χ2v) is 5.35. The quantitative estimate of drug-likeness (QED) is 0.753. The van der Waals surface area contributed by atoms with Crippen LogP contribution in [0.3, 0.4) is 0 Å². The zero-order chi connectivity index (χ0) is 11.6. The first kappa shape index (κ1) is 12.0. The third kappa shape index (κ3) is 2.46. The molecule has 0 aliphatic rings. The first-order chi connectivity index (χ1) is 6.90. The van der Waals surface area contributed by atoms with Gasteiger partial charge in [-0.3, -0.25) is 0 Å². The van der Waals surface area contributed by atoms with Crippen LogP contribution in [0.4, 0.5) is 4.39 Å². The Morgan fingerprint density at radius 2 is 2.13 bits per heavy atom. The molecule has 3 nitrogen and oxygen atoms in total. The SMILES string of the molecule is CCc1cc(C#N)cc(F)c1S(=O)(=O)Cl. The van der Waals surface area contributed by atoms with Crippen molar-refractivity contribution >= 4 is 19.7 Å². The van der Waals surface area contributed by atoms with E-state index in [4.69, 9.17) is 15.9 Å². The molecule has 6 heteroatoms. The largest absolute Gasteiger partial charge is 0.264 e. The van der Waals surface area contributed by atoms with Gasteiger partial charge in [0.25, 0.3) is 9.05 Å². The third-order valence-corrected chi connectivity index (χ3v) is 3.28. The van der Waals surface area contributed by atoms with Crippen LogP contribution in [-0.2, 0) is 15.5 Å². The standard InChI is InChI=1S/C9H7ClFNO2S/c1-2-7-3-6(5-12)4-8(11)9(7)15(10,13)14/h3-4H,2H2,1H3. The summed E-state index contributed by atoms with van der Waals surface area (Å²) in [6, 6.07) is 3.92. The van der Waals surface area contributed by atoms with Crippen LogP contribution in [-0.4, -0.2) is 8.42 Å². The monoisotopic (exact) mass is 247 g/mol. The van der Waals surface area contributed by atoms with Crippen molar-refractivity contribution in [1.82, 2.24) is 0 Å². The van der Waals surface area contributed by atoms with Gasteiger partial charge in [0.2, 0.25) is 0 Å². The average Bonchev–Trinajstić information content (AvgIpc) is 2.14. The molecule has 0 saturated heterocycles. The molecule has 0 aliphatic heterocycles. The molecule has 0 amide bonds. The summed E-state index contributed by atoms with van der Waals surface area (Å²) in [5.74, 6) is -0.985. The molecule has 0 spiro atoms. The van der Waals surface area contributed by atoms with Crippen molar-refractivity contribution in [2.75, 3.05) is 0 Å². The van der Waals surface area contributed by atoms with Crippen molar-refractivity contribution in [3.05, 3.63) is 29.1 Å². The molecule has 0 radical (unpaired) electrons. The smallest absolute Gasteiger partial charge is 0.207 e. The Morgan fingerprint density at radius 1 is 1.53 bits per heavy atom. The number of hydrogen-bond donors (Lipinski definition) is 0. The highest BCUT2D eigenvalue weighted by Gasteiger charge is 2.21. The van der Waals surface area contributed by atoms with E-state index < -0.39 is 19.8 Å². The maximum atomic E-state index is 13.4. The summed E-state index contributed by atoms with van der Waals surface area (Å²) in [6.45, 7) is 1.65. The minimum absolute atomic E-state index is 0.0772. The number of nitrogens with zero attached hydrogens (tertiary/aromatic N) is 1. The van der Waals surface area contributed by atoms with E-state index in [1.54, 1.807) is 13.0 Å². The van der Waals surface area contributed by atoms with Gasteiger partial charge in [-0.25, -0.2) is 12.8 Å². The van der Waals surface area contributed by atoms with E-state index in [2.05, 4.69) is 0 Å². The van der Waals surface area contributed by atoms with Gasteiger partial charge in [-0.15, -0.1) is 0 Å². The second-order valence-electron chi connectivity index (χ2n) is 2.85. The van der Waals surface area contributed by atoms with E-state index in [-0.39, 0.29) is 17.5 Å². The van der Waals surface area contributed by atoms with E-state index >= 15 is 0 Å². The highest BCUT2D eigenvalue weighted by atomic mass is 35.7. The third-order valence-electron chi connectivity index (χ3n) is 1.87. The average molecular weight is 248 g/mol. The fourth-order valence-corrected chi connectivity index (χ4v) is 2.58. The molecular formula is C9H7ClFNO2S. The van der Waals surface area contributed by atoms with Crippen molar-refractivity contribution in [1.29, 1.82) is 5.26 Å². The lowest BCUT2D eigenvalue weighted by Crippen LogP contribution is -2.02. The number of hydrogen-bond acceptors (Lipinski definition) is 3. The molecule has 1 aromatic rings. The number of nitriles is 1. The van der Waals surface area contributed by atoms with Gasteiger partial charge >= 0.3 is 0 Å². The predicted octanol–water partition coefficient (Wildman–Crippen LogP) is 2.19. The van der Waals surface area contributed by atoms with Crippen LogP contribution in [0.15, 0.2) is 17.0 Å². The molecule has 0 fully saturated rings. The Balaban J connectivity index is 3.61. The van der Waals surface area contributed by atoms with Crippen LogP contribution in [0.1, 0.15) is 18.1 Å².